The number of sulfonamides is 1. The third-order valence-electron chi connectivity index (χ3n) is 5.96. The number of methoxy groups -OCH3 is 2. The predicted octanol–water partition coefficient (Wildman–Crippen LogP) is 3.66. The van der Waals surface area contributed by atoms with Crippen LogP contribution in [0.4, 0.5) is 0 Å². The lowest BCUT2D eigenvalue weighted by Gasteiger charge is -2.19. The molecule has 0 radical (unpaired) electrons. The standard InChI is InChI=1S/C15H17N3O4S.C8H8BrNO2.C8H11NO2S/c1-22-15(19)12-6-7-14(17-9-12)11-18(23(2,20)21)10-13-5-3-4-8-16-13;1-12-8(11)6-2-3-7(4-9)10-5-6;1-12(10,11)7-5-8-4-2-3-6-9-8/h3-9H,10-11H2,1-2H3;2-3,5H,4H2,1H3;2-4,6H,5,7H2,1H3. The summed E-state index contributed by atoms with van der Waals surface area (Å²) in [5, 5.41) is 0.689. The van der Waals surface area contributed by atoms with Gasteiger partial charge in [-0.25, -0.2) is 26.4 Å². The summed E-state index contributed by atoms with van der Waals surface area (Å²) < 4.78 is 55.9. The van der Waals surface area contributed by atoms with Crippen molar-refractivity contribution >= 4 is 47.7 Å². The number of hydrogen-bond acceptors (Lipinski definition) is 12. The molecule has 4 heterocycles. The molecular formula is C31H36BrN5O8S2. The van der Waals surface area contributed by atoms with Gasteiger partial charge in [0, 0.05) is 48.5 Å². The van der Waals surface area contributed by atoms with Crippen LogP contribution in [0.3, 0.4) is 0 Å². The zero-order chi connectivity index (χ0) is 34.9. The smallest absolute Gasteiger partial charge is 0.339 e. The Morgan fingerprint density at radius 3 is 1.51 bits per heavy atom. The Morgan fingerprint density at radius 2 is 1.15 bits per heavy atom. The van der Waals surface area contributed by atoms with Crippen LogP contribution in [0.15, 0.2) is 85.5 Å². The van der Waals surface area contributed by atoms with Crippen molar-refractivity contribution in [2.45, 2.75) is 24.8 Å². The number of rotatable bonds is 11. The maximum absolute atomic E-state index is 12.0. The fraction of sp³-hybridized carbons (Fsp3) is 0.290. The van der Waals surface area contributed by atoms with E-state index in [0.29, 0.717) is 34.3 Å². The molecule has 0 aliphatic carbocycles. The molecule has 0 saturated carbocycles. The summed E-state index contributed by atoms with van der Waals surface area (Å²) in [6.07, 6.45) is 9.01. The molecule has 0 saturated heterocycles. The van der Waals surface area contributed by atoms with Gasteiger partial charge in [0.05, 0.1) is 67.5 Å². The second-order valence-corrected chi connectivity index (χ2v) is 14.5. The van der Waals surface area contributed by atoms with E-state index in [-0.39, 0.29) is 24.8 Å². The third kappa shape index (κ3) is 15.3. The van der Waals surface area contributed by atoms with Gasteiger partial charge in [0.1, 0.15) is 9.84 Å². The Bertz CT molecular complexity index is 1760. The fourth-order valence-electron chi connectivity index (χ4n) is 3.48. The number of hydrogen-bond donors (Lipinski definition) is 0. The Hall–Kier alpha value is -4.12. The van der Waals surface area contributed by atoms with Gasteiger partial charge in [0.25, 0.3) is 0 Å². The predicted molar refractivity (Wildman–Crippen MR) is 180 cm³/mol. The van der Waals surface area contributed by atoms with Crippen molar-refractivity contribution in [1.82, 2.24) is 24.2 Å². The molecule has 16 heteroatoms. The highest BCUT2D eigenvalue weighted by Gasteiger charge is 2.19. The molecule has 0 aliphatic rings. The molecule has 0 bridgehead atoms. The highest BCUT2D eigenvalue weighted by molar-refractivity contribution is 9.08. The molecule has 4 rings (SSSR count). The zero-order valence-corrected chi connectivity index (χ0v) is 29.5. The van der Waals surface area contributed by atoms with Crippen LogP contribution in [0.2, 0.25) is 0 Å². The van der Waals surface area contributed by atoms with Gasteiger partial charge in [0.15, 0.2) is 0 Å². The van der Waals surface area contributed by atoms with E-state index in [0.717, 1.165) is 17.6 Å². The maximum atomic E-state index is 12.0. The van der Waals surface area contributed by atoms with Crippen molar-refractivity contribution in [1.29, 1.82) is 0 Å². The number of esters is 2. The summed E-state index contributed by atoms with van der Waals surface area (Å²) in [6.45, 7) is 0.247. The Morgan fingerprint density at radius 1 is 0.681 bits per heavy atom. The average molecular weight is 751 g/mol. The van der Waals surface area contributed by atoms with E-state index in [1.807, 2.05) is 18.2 Å². The number of pyridine rings is 4. The number of halogens is 1. The van der Waals surface area contributed by atoms with Crippen LogP contribution in [0.25, 0.3) is 0 Å². The number of aryl methyl sites for hydroxylation is 1. The van der Waals surface area contributed by atoms with Gasteiger partial charge >= 0.3 is 11.9 Å². The quantitative estimate of drug-likeness (QED) is 0.161. The molecule has 252 valence electrons. The third-order valence-corrected chi connectivity index (χ3v) is 8.67. The van der Waals surface area contributed by atoms with E-state index >= 15 is 0 Å². The monoisotopic (exact) mass is 749 g/mol. The van der Waals surface area contributed by atoms with Crippen molar-refractivity contribution in [3.8, 4) is 0 Å². The summed E-state index contributed by atoms with van der Waals surface area (Å²) in [6, 6.07) is 17.4. The molecular weight excluding hydrogens is 714 g/mol. The lowest BCUT2D eigenvalue weighted by atomic mass is 10.2. The molecule has 13 nitrogen and oxygen atoms in total. The SMILES string of the molecule is COC(=O)c1ccc(CBr)nc1.COC(=O)c1ccc(CN(Cc2ccccn2)S(C)(=O)=O)nc1.CS(=O)(=O)CCc1ccccn1. The summed E-state index contributed by atoms with van der Waals surface area (Å²) >= 11 is 3.26. The lowest BCUT2D eigenvalue weighted by molar-refractivity contribution is 0.0591. The number of aromatic nitrogens is 4. The largest absolute Gasteiger partial charge is 0.465 e. The average Bonchev–Trinajstić information content (AvgIpc) is 3.07. The van der Waals surface area contributed by atoms with Crippen LogP contribution >= 0.6 is 15.9 Å². The first-order valence-corrected chi connectivity index (χ1v) is 18.8. The van der Waals surface area contributed by atoms with E-state index in [2.05, 4.69) is 45.3 Å². The lowest BCUT2D eigenvalue weighted by Crippen LogP contribution is -2.29. The molecule has 47 heavy (non-hydrogen) atoms. The van der Waals surface area contributed by atoms with E-state index in [9.17, 15) is 26.4 Å². The zero-order valence-electron chi connectivity index (χ0n) is 26.3. The Labute approximate surface area is 283 Å². The van der Waals surface area contributed by atoms with E-state index < -0.39 is 25.8 Å². The second-order valence-electron chi connectivity index (χ2n) is 9.75. The van der Waals surface area contributed by atoms with E-state index in [1.165, 1.54) is 37.2 Å². The molecule has 4 aromatic rings. The van der Waals surface area contributed by atoms with Crippen LogP contribution in [0, 0.1) is 0 Å². The number of alkyl halides is 1. The molecule has 0 spiro atoms. The fourth-order valence-corrected chi connectivity index (χ4v) is 5.12. The Balaban J connectivity index is 0.000000270. The molecule has 0 N–H and O–H groups in total. The van der Waals surface area contributed by atoms with Crippen LogP contribution in [0.1, 0.15) is 43.5 Å². The van der Waals surface area contributed by atoms with Gasteiger partial charge in [0.2, 0.25) is 10.0 Å². The molecule has 0 aromatic carbocycles. The summed E-state index contributed by atoms with van der Waals surface area (Å²) in [4.78, 5) is 38.6. The van der Waals surface area contributed by atoms with Gasteiger partial charge in [-0.2, -0.15) is 4.31 Å². The molecule has 0 fully saturated rings. The normalized spacial score (nSPS) is 10.9. The van der Waals surface area contributed by atoms with Crippen molar-refractivity contribution < 1.29 is 35.9 Å². The van der Waals surface area contributed by atoms with E-state index in [4.69, 9.17) is 0 Å². The van der Waals surface area contributed by atoms with Crippen LogP contribution < -0.4 is 0 Å². The molecule has 0 unspecified atom stereocenters. The van der Waals surface area contributed by atoms with Gasteiger partial charge in [-0.15, -0.1) is 0 Å². The molecule has 4 aromatic heterocycles. The second kappa shape index (κ2) is 19.5. The molecule has 0 atom stereocenters. The van der Waals surface area contributed by atoms with Crippen molar-refractivity contribution in [2.24, 2.45) is 0 Å². The number of sulfone groups is 1. The first-order valence-electron chi connectivity index (χ1n) is 13.8. The van der Waals surface area contributed by atoms with Gasteiger partial charge < -0.3 is 9.47 Å². The van der Waals surface area contributed by atoms with Crippen LogP contribution in [-0.4, -0.2) is 85.5 Å². The van der Waals surface area contributed by atoms with Crippen molar-refractivity contribution in [2.75, 3.05) is 32.5 Å². The summed E-state index contributed by atoms with van der Waals surface area (Å²) in [7, 11) is -3.66. The van der Waals surface area contributed by atoms with Gasteiger partial charge in [-0.05, 0) is 48.5 Å². The summed E-state index contributed by atoms with van der Waals surface area (Å²) in [5.41, 5.74) is 3.67. The first-order chi connectivity index (χ1) is 22.2. The molecule has 0 amide bonds. The maximum Gasteiger partial charge on any atom is 0.339 e. The van der Waals surface area contributed by atoms with Crippen LogP contribution in [0.5, 0.6) is 0 Å². The number of nitrogens with zero attached hydrogens (tertiary/aromatic N) is 5. The highest BCUT2D eigenvalue weighted by Crippen LogP contribution is 2.12. The number of carbonyl (C=O) groups is 2. The minimum atomic E-state index is -3.43. The topological polar surface area (TPSA) is 176 Å². The minimum absolute atomic E-state index is 0.0941. The number of ether oxygens (including phenoxy) is 2. The van der Waals surface area contributed by atoms with Gasteiger partial charge in [-0.3, -0.25) is 19.9 Å². The highest BCUT2D eigenvalue weighted by atomic mass is 79.9. The van der Waals surface area contributed by atoms with Crippen molar-refractivity contribution in [3.63, 3.8) is 0 Å². The van der Waals surface area contributed by atoms with Gasteiger partial charge in [-0.1, -0.05) is 28.1 Å². The Kier molecular flexibility index (Phi) is 16.2. The molecule has 0 aliphatic heterocycles. The summed E-state index contributed by atoms with van der Waals surface area (Å²) in [5.74, 6) is -0.676. The van der Waals surface area contributed by atoms with E-state index in [1.54, 1.807) is 54.9 Å². The first kappa shape index (κ1) is 39.1. The van der Waals surface area contributed by atoms with Crippen LogP contribution in [-0.2, 0) is 54.2 Å². The number of carbonyl (C=O) groups excluding carboxylic acids is 2. The van der Waals surface area contributed by atoms with Crippen molar-refractivity contribution in [3.05, 3.63) is 119 Å². The minimum Gasteiger partial charge on any atom is -0.465 e.